The van der Waals surface area contributed by atoms with Crippen LogP contribution in [0.5, 0.6) is 0 Å². The molecule has 0 saturated carbocycles. The van der Waals surface area contributed by atoms with Crippen LogP contribution in [0.4, 0.5) is 0 Å². The number of sulfonamides is 1. The first kappa shape index (κ1) is 25.6. The Morgan fingerprint density at radius 3 is 2.52 bits per heavy atom. The molecular formula is C20H22BrCl2N3O2S. The van der Waals surface area contributed by atoms with E-state index in [1.807, 2.05) is 42.5 Å². The maximum Gasteiger partial charge on any atom is 0.241 e. The van der Waals surface area contributed by atoms with Gasteiger partial charge >= 0.3 is 0 Å². The molecule has 0 unspecified atom stereocenters. The summed E-state index contributed by atoms with van der Waals surface area (Å²) < 4.78 is 28.8. The molecule has 3 aromatic rings. The number of nitrogens with one attached hydrogen (secondary N) is 2. The summed E-state index contributed by atoms with van der Waals surface area (Å²) in [5.74, 6) is 0. The molecule has 0 amide bonds. The van der Waals surface area contributed by atoms with E-state index in [0.29, 0.717) is 25.0 Å². The maximum atomic E-state index is 12.6. The molecular weight excluding hydrogens is 497 g/mol. The van der Waals surface area contributed by atoms with Gasteiger partial charge in [0.2, 0.25) is 10.0 Å². The standard InChI is InChI=1S/C20H20BrN3O2S.2ClH/c21-18-8-6-16(7-9-18)3-2-11-22-13-14-24-27(25,26)20-5-1-4-17-15-23-12-10-19(17)20;;/h1-10,12,15,22,24H,11,13-14H2;2*1H/b3-2+;;. The molecule has 0 fully saturated rings. The summed E-state index contributed by atoms with van der Waals surface area (Å²) in [6.45, 7) is 1.52. The Bertz CT molecular complexity index is 1040. The fraction of sp³-hybridized carbons (Fsp3) is 0.150. The lowest BCUT2D eigenvalue weighted by Gasteiger charge is -2.09. The summed E-state index contributed by atoms with van der Waals surface area (Å²) in [4.78, 5) is 4.31. The minimum atomic E-state index is -3.57. The van der Waals surface area contributed by atoms with Crippen LogP contribution in [0.15, 0.2) is 76.4 Å². The molecule has 1 heterocycles. The van der Waals surface area contributed by atoms with Crippen molar-refractivity contribution >= 4 is 67.6 Å². The molecule has 5 nitrogen and oxygen atoms in total. The van der Waals surface area contributed by atoms with E-state index in [-0.39, 0.29) is 29.7 Å². The lowest BCUT2D eigenvalue weighted by Crippen LogP contribution is -2.32. The maximum absolute atomic E-state index is 12.6. The molecule has 0 aliphatic carbocycles. The number of hydrogen-bond donors (Lipinski definition) is 2. The van der Waals surface area contributed by atoms with Crippen molar-refractivity contribution in [2.24, 2.45) is 0 Å². The normalized spacial score (nSPS) is 11.2. The van der Waals surface area contributed by atoms with Crippen LogP contribution in [0.1, 0.15) is 5.56 Å². The number of halogens is 3. The number of hydrogen-bond acceptors (Lipinski definition) is 4. The van der Waals surface area contributed by atoms with Crippen LogP contribution < -0.4 is 10.0 Å². The van der Waals surface area contributed by atoms with Crippen LogP contribution in [0.2, 0.25) is 0 Å². The van der Waals surface area contributed by atoms with Crippen LogP contribution >= 0.6 is 40.7 Å². The number of rotatable bonds is 8. The Labute approximate surface area is 192 Å². The SMILES string of the molecule is Cl.Cl.O=S(=O)(NCCNC/C=C/c1ccc(Br)cc1)c1cccc2cnccc12. The van der Waals surface area contributed by atoms with Crippen LogP contribution in [0.25, 0.3) is 16.8 Å². The molecule has 2 aromatic carbocycles. The molecule has 0 spiro atoms. The molecule has 0 aliphatic rings. The number of benzene rings is 2. The first-order valence-corrected chi connectivity index (χ1v) is 10.8. The Morgan fingerprint density at radius 1 is 1.00 bits per heavy atom. The van der Waals surface area contributed by atoms with E-state index in [2.05, 4.69) is 31.0 Å². The zero-order chi connectivity index (χ0) is 19.1. The largest absolute Gasteiger partial charge is 0.312 e. The Balaban J connectivity index is 0.00000210. The highest BCUT2D eigenvalue weighted by molar-refractivity contribution is 9.10. The predicted octanol–water partition coefficient (Wildman–Crippen LogP) is 4.42. The third-order valence-corrected chi connectivity index (χ3v) is 6.01. The van der Waals surface area contributed by atoms with Gasteiger partial charge < -0.3 is 5.32 Å². The zero-order valence-corrected chi connectivity index (χ0v) is 19.5. The fourth-order valence-electron chi connectivity index (χ4n) is 2.63. The quantitative estimate of drug-likeness (QED) is 0.433. The van der Waals surface area contributed by atoms with Crippen LogP contribution in [0, 0.1) is 0 Å². The van der Waals surface area contributed by atoms with Crippen molar-refractivity contribution in [3.05, 3.63) is 77.0 Å². The molecule has 1 aromatic heterocycles. The van der Waals surface area contributed by atoms with E-state index >= 15 is 0 Å². The van der Waals surface area contributed by atoms with Gasteiger partial charge in [0, 0.05) is 47.3 Å². The van der Waals surface area contributed by atoms with Crippen molar-refractivity contribution in [3.8, 4) is 0 Å². The summed E-state index contributed by atoms with van der Waals surface area (Å²) in [6, 6.07) is 14.9. The molecule has 0 aliphatic heterocycles. The number of nitrogens with zero attached hydrogens (tertiary/aromatic N) is 1. The molecule has 9 heteroatoms. The van der Waals surface area contributed by atoms with Crippen molar-refractivity contribution in [2.45, 2.75) is 4.90 Å². The number of pyridine rings is 1. The molecule has 2 N–H and O–H groups in total. The molecule has 0 bridgehead atoms. The summed E-state index contributed by atoms with van der Waals surface area (Å²) in [5.41, 5.74) is 1.12. The summed E-state index contributed by atoms with van der Waals surface area (Å²) in [5, 5.41) is 4.67. The highest BCUT2D eigenvalue weighted by Gasteiger charge is 2.16. The van der Waals surface area contributed by atoms with Crippen LogP contribution in [-0.2, 0) is 10.0 Å². The van der Waals surface area contributed by atoms with Crippen LogP contribution in [0.3, 0.4) is 0 Å². The Morgan fingerprint density at radius 2 is 1.76 bits per heavy atom. The van der Waals surface area contributed by atoms with E-state index in [1.54, 1.807) is 30.6 Å². The van der Waals surface area contributed by atoms with Gasteiger partial charge in [-0.25, -0.2) is 13.1 Å². The zero-order valence-electron chi connectivity index (χ0n) is 15.4. The average molecular weight is 519 g/mol. The molecule has 29 heavy (non-hydrogen) atoms. The Kier molecular flexibility index (Phi) is 10.8. The van der Waals surface area contributed by atoms with Gasteiger partial charge in [0.1, 0.15) is 0 Å². The molecule has 0 atom stereocenters. The summed E-state index contributed by atoms with van der Waals surface area (Å²) in [6.07, 6.45) is 7.29. The van der Waals surface area contributed by atoms with Crippen LogP contribution in [-0.4, -0.2) is 33.0 Å². The highest BCUT2D eigenvalue weighted by Crippen LogP contribution is 2.21. The van der Waals surface area contributed by atoms with Gasteiger partial charge in [-0.05, 0) is 29.8 Å². The van der Waals surface area contributed by atoms with Crippen molar-refractivity contribution in [3.63, 3.8) is 0 Å². The smallest absolute Gasteiger partial charge is 0.241 e. The van der Waals surface area contributed by atoms with E-state index in [9.17, 15) is 8.42 Å². The summed E-state index contributed by atoms with van der Waals surface area (Å²) in [7, 11) is -3.57. The van der Waals surface area contributed by atoms with E-state index in [4.69, 9.17) is 0 Å². The molecule has 156 valence electrons. The van der Waals surface area contributed by atoms with E-state index < -0.39 is 10.0 Å². The predicted molar refractivity (Wildman–Crippen MR) is 127 cm³/mol. The fourth-order valence-corrected chi connectivity index (χ4v) is 4.16. The lowest BCUT2D eigenvalue weighted by atomic mass is 10.2. The number of aromatic nitrogens is 1. The van der Waals surface area contributed by atoms with Gasteiger partial charge in [0.25, 0.3) is 0 Å². The van der Waals surface area contributed by atoms with Gasteiger partial charge in [-0.3, -0.25) is 4.98 Å². The second-order valence-electron chi connectivity index (χ2n) is 5.91. The number of fused-ring (bicyclic) bond motifs is 1. The highest BCUT2D eigenvalue weighted by atomic mass is 79.9. The third-order valence-electron chi connectivity index (χ3n) is 3.97. The minimum Gasteiger partial charge on any atom is -0.312 e. The Hall–Kier alpha value is -1.48. The van der Waals surface area contributed by atoms with Crippen molar-refractivity contribution in [1.82, 2.24) is 15.0 Å². The molecule has 3 rings (SSSR count). The summed E-state index contributed by atoms with van der Waals surface area (Å²) >= 11 is 3.41. The van der Waals surface area contributed by atoms with Crippen molar-refractivity contribution < 1.29 is 8.42 Å². The second-order valence-corrected chi connectivity index (χ2v) is 8.56. The first-order chi connectivity index (χ1) is 13.1. The van der Waals surface area contributed by atoms with Gasteiger partial charge in [0.15, 0.2) is 0 Å². The van der Waals surface area contributed by atoms with Gasteiger partial charge in [-0.15, -0.1) is 24.8 Å². The third kappa shape index (κ3) is 7.37. The van der Waals surface area contributed by atoms with Gasteiger partial charge in [-0.1, -0.05) is 52.3 Å². The second kappa shape index (κ2) is 12.3. The van der Waals surface area contributed by atoms with Gasteiger partial charge in [0.05, 0.1) is 4.90 Å². The molecule has 0 radical (unpaired) electrons. The molecule has 0 saturated heterocycles. The van der Waals surface area contributed by atoms with Crippen molar-refractivity contribution in [1.29, 1.82) is 0 Å². The van der Waals surface area contributed by atoms with E-state index in [0.717, 1.165) is 15.4 Å². The monoisotopic (exact) mass is 517 g/mol. The van der Waals surface area contributed by atoms with Gasteiger partial charge in [-0.2, -0.15) is 0 Å². The first-order valence-electron chi connectivity index (χ1n) is 8.51. The average Bonchev–Trinajstić information content (AvgIpc) is 2.68. The van der Waals surface area contributed by atoms with Crippen molar-refractivity contribution in [2.75, 3.05) is 19.6 Å². The minimum absolute atomic E-state index is 0. The van der Waals surface area contributed by atoms with E-state index in [1.165, 1.54) is 0 Å². The topological polar surface area (TPSA) is 71.1 Å². The lowest BCUT2D eigenvalue weighted by molar-refractivity contribution is 0.579.